The van der Waals surface area contributed by atoms with Crippen LogP contribution in [0.2, 0.25) is 5.02 Å². The van der Waals surface area contributed by atoms with Crippen molar-refractivity contribution in [1.29, 1.82) is 0 Å². The molecule has 0 aromatic carbocycles. The van der Waals surface area contributed by atoms with Crippen LogP contribution < -0.4 is 4.90 Å². The summed E-state index contributed by atoms with van der Waals surface area (Å²) in [5.41, 5.74) is -0.0917. The normalized spacial score (nSPS) is 12.2. The first-order valence-corrected chi connectivity index (χ1v) is 6.05. The molecule has 1 aromatic rings. The fourth-order valence-corrected chi connectivity index (χ4v) is 1.85. The van der Waals surface area contributed by atoms with Crippen molar-refractivity contribution >= 4 is 23.4 Å². The summed E-state index contributed by atoms with van der Waals surface area (Å²) in [4.78, 5) is 17.1. The van der Waals surface area contributed by atoms with Gasteiger partial charge in [-0.15, -0.1) is 0 Å². The van der Waals surface area contributed by atoms with E-state index in [1.807, 2.05) is 6.92 Å². The van der Waals surface area contributed by atoms with Crippen LogP contribution in [0.15, 0.2) is 12.1 Å². The van der Waals surface area contributed by atoms with Crippen molar-refractivity contribution in [3.8, 4) is 0 Å². The second kappa shape index (κ2) is 5.87. The van der Waals surface area contributed by atoms with E-state index in [1.165, 1.54) is 0 Å². The molecule has 1 N–H and O–H groups in total. The Labute approximate surface area is 106 Å². The number of aromatic carboxylic acids is 1. The Kier molecular flexibility index (Phi) is 4.75. The molecule has 17 heavy (non-hydrogen) atoms. The van der Waals surface area contributed by atoms with E-state index in [-0.39, 0.29) is 10.7 Å². The Balaban J connectivity index is 3.13. The van der Waals surface area contributed by atoms with Gasteiger partial charge < -0.3 is 10.0 Å². The quantitative estimate of drug-likeness (QED) is 0.880. The summed E-state index contributed by atoms with van der Waals surface area (Å²) in [6.07, 6.45) is 0.973. The zero-order chi connectivity index (χ0) is 13.0. The third-order valence-corrected chi connectivity index (χ3v) is 3.10. The molecule has 0 spiro atoms. The molecular weight excluding hydrogens is 240 g/mol. The molecule has 0 radical (unpaired) electrons. The van der Waals surface area contributed by atoms with Crippen molar-refractivity contribution in [2.24, 2.45) is 0 Å². The minimum atomic E-state index is -1.10. The minimum absolute atomic E-state index is 0.0917. The van der Waals surface area contributed by atoms with Crippen LogP contribution in [0.4, 0.5) is 5.82 Å². The molecule has 5 heteroatoms. The molecule has 1 unspecified atom stereocenters. The Morgan fingerprint density at radius 3 is 2.65 bits per heavy atom. The maximum atomic E-state index is 11.0. The fraction of sp³-hybridized carbons (Fsp3) is 0.500. The van der Waals surface area contributed by atoms with E-state index in [0.29, 0.717) is 11.9 Å². The van der Waals surface area contributed by atoms with Crippen molar-refractivity contribution in [1.82, 2.24) is 4.98 Å². The molecular formula is C12H17ClN2O2. The van der Waals surface area contributed by atoms with Gasteiger partial charge in [0.1, 0.15) is 5.82 Å². The van der Waals surface area contributed by atoms with Crippen LogP contribution in [-0.2, 0) is 0 Å². The van der Waals surface area contributed by atoms with E-state index in [2.05, 4.69) is 23.7 Å². The summed E-state index contributed by atoms with van der Waals surface area (Å²) in [5.74, 6) is -0.444. The summed E-state index contributed by atoms with van der Waals surface area (Å²) >= 11 is 5.79. The first-order chi connectivity index (χ1) is 8.01. The molecule has 1 rings (SSSR count). The lowest BCUT2D eigenvalue weighted by Crippen LogP contribution is -2.33. The highest BCUT2D eigenvalue weighted by Gasteiger charge is 2.16. The molecule has 1 aromatic heterocycles. The number of carboxylic acids is 1. The fourth-order valence-electron chi connectivity index (χ4n) is 1.66. The van der Waals surface area contributed by atoms with E-state index in [9.17, 15) is 4.79 Å². The molecule has 1 atom stereocenters. The van der Waals surface area contributed by atoms with Crippen LogP contribution in [0.1, 0.15) is 37.7 Å². The molecule has 1 heterocycles. The SMILES string of the molecule is CCC(C)N(CC)c1ccc(Cl)c(C(=O)O)n1. The lowest BCUT2D eigenvalue weighted by molar-refractivity contribution is 0.0691. The minimum Gasteiger partial charge on any atom is -0.476 e. The first-order valence-electron chi connectivity index (χ1n) is 5.67. The highest BCUT2D eigenvalue weighted by Crippen LogP contribution is 2.21. The Morgan fingerprint density at radius 1 is 1.53 bits per heavy atom. The Bertz CT molecular complexity index is 409. The topological polar surface area (TPSA) is 53.4 Å². The van der Waals surface area contributed by atoms with Gasteiger partial charge >= 0.3 is 5.97 Å². The Morgan fingerprint density at radius 2 is 2.18 bits per heavy atom. The number of hydrogen-bond donors (Lipinski definition) is 1. The van der Waals surface area contributed by atoms with Gasteiger partial charge in [-0.2, -0.15) is 0 Å². The molecule has 0 bridgehead atoms. The highest BCUT2D eigenvalue weighted by molar-refractivity contribution is 6.33. The molecule has 4 nitrogen and oxygen atoms in total. The van der Waals surface area contributed by atoms with E-state index in [1.54, 1.807) is 12.1 Å². The van der Waals surface area contributed by atoms with Gasteiger partial charge in [0.05, 0.1) is 5.02 Å². The second-order valence-electron chi connectivity index (χ2n) is 3.85. The predicted octanol–water partition coefficient (Wildman–Crippen LogP) is 3.06. The number of carbonyl (C=O) groups is 1. The number of nitrogens with zero attached hydrogens (tertiary/aromatic N) is 2. The van der Waals surface area contributed by atoms with Crippen molar-refractivity contribution in [3.05, 3.63) is 22.8 Å². The van der Waals surface area contributed by atoms with Crippen LogP contribution in [0.25, 0.3) is 0 Å². The van der Waals surface area contributed by atoms with Gasteiger partial charge in [-0.1, -0.05) is 18.5 Å². The molecule has 0 aliphatic heterocycles. The van der Waals surface area contributed by atoms with Crippen molar-refractivity contribution in [2.75, 3.05) is 11.4 Å². The van der Waals surface area contributed by atoms with Crippen LogP contribution in [-0.4, -0.2) is 28.6 Å². The summed E-state index contributed by atoms with van der Waals surface area (Å²) in [6.45, 7) is 6.97. The van der Waals surface area contributed by atoms with Gasteiger partial charge in [-0.25, -0.2) is 9.78 Å². The van der Waals surface area contributed by atoms with Crippen LogP contribution in [0.3, 0.4) is 0 Å². The van der Waals surface area contributed by atoms with Gasteiger partial charge in [-0.05, 0) is 32.4 Å². The van der Waals surface area contributed by atoms with Crippen molar-refractivity contribution < 1.29 is 9.90 Å². The van der Waals surface area contributed by atoms with Crippen molar-refractivity contribution in [2.45, 2.75) is 33.2 Å². The zero-order valence-corrected chi connectivity index (χ0v) is 11.0. The van der Waals surface area contributed by atoms with Gasteiger partial charge in [0.25, 0.3) is 0 Å². The smallest absolute Gasteiger partial charge is 0.356 e. The maximum Gasteiger partial charge on any atom is 0.356 e. The molecule has 0 aliphatic carbocycles. The predicted molar refractivity (Wildman–Crippen MR) is 69.0 cm³/mol. The average Bonchev–Trinajstić information content (AvgIpc) is 2.31. The summed E-state index contributed by atoms with van der Waals surface area (Å²) in [7, 11) is 0. The van der Waals surface area contributed by atoms with Crippen LogP contribution in [0, 0.1) is 0 Å². The number of hydrogen-bond acceptors (Lipinski definition) is 3. The number of rotatable bonds is 5. The van der Waals surface area contributed by atoms with Crippen LogP contribution in [0.5, 0.6) is 0 Å². The van der Waals surface area contributed by atoms with E-state index < -0.39 is 5.97 Å². The van der Waals surface area contributed by atoms with Crippen LogP contribution >= 0.6 is 11.6 Å². The molecule has 0 aliphatic rings. The number of pyridine rings is 1. The largest absolute Gasteiger partial charge is 0.476 e. The average molecular weight is 257 g/mol. The zero-order valence-electron chi connectivity index (χ0n) is 10.3. The standard InChI is InChI=1S/C12H17ClN2O2/c1-4-8(3)15(5-2)10-7-6-9(13)11(14-10)12(16)17/h6-8H,4-5H2,1-3H3,(H,16,17). The summed E-state index contributed by atoms with van der Waals surface area (Å²) in [6, 6.07) is 3.65. The molecule has 94 valence electrons. The summed E-state index contributed by atoms with van der Waals surface area (Å²) in [5, 5.41) is 9.14. The second-order valence-corrected chi connectivity index (χ2v) is 4.26. The third-order valence-electron chi connectivity index (χ3n) is 2.79. The molecule has 0 saturated carbocycles. The maximum absolute atomic E-state index is 11.0. The number of halogens is 1. The third kappa shape index (κ3) is 3.09. The number of anilines is 1. The molecule has 0 fully saturated rings. The van der Waals surface area contributed by atoms with Gasteiger partial charge in [0, 0.05) is 12.6 Å². The lowest BCUT2D eigenvalue weighted by atomic mass is 10.2. The van der Waals surface area contributed by atoms with Gasteiger partial charge in [-0.3, -0.25) is 0 Å². The van der Waals surface area contributed by atoms with E-state index in [4.69, 9.17) is 16.7 Å². The van der Waals surface area contributed by atoms with Crippen molar-refractivity contribution in [3.63, 3.8) is 0 Å². The summed E-state index contributed by atoms with van der Waals surface area (Å²) < 4.78 is 0. The van der Waals surface area contributed by atoms with Gasteiger partial charge in [0.15, 0.2) is 5.69 Å². The highest BCUT2D eigenvalue weighted by atomic mass is 35.5. The Hall–Kier alpha value is -1.29. The van der Waals surface area contributed by atoms with E-state index >= 15 is 0 Å². The molecule has 0 amide bonds. The molecule has 0 saturated heterocycles. The number of carboxylic acid groups (broad SMARTS) is 1. The van der Waals surface area contributed by atoms with E-state index in [0.717, 1.165) is 13.0 Å². The lowest BCUT2D eigenvalue weighted by Gasteiger charge is -2.28. The van der Waals surface area contributed by atoms with Gasteiger partial charge in [0.2, 0.25) is 0 Å². The monoisotopic (exact) mass is 256 g/mol. The number of aromatic nitrogens is 1. The first kappa shape index (κ1) is 13.8.